The Labute approximate surface area is 243 Å². The molecule has 0 saturated carbocycles. The number of aromatic nitrogens is 6. The number of rotatable bonds is 8. The summed E-state index contributed by atoms with van der Waals surface area (Å²) in [5.41, 5.74) is 6.33. The number of nitrogens with zero attached hydrogens (tertiary/aromatic N) is 6. The van der Waals surface area contributed by atoms with Crippen LogP contribution >= 0.6 is 7.14 Å². The Bertz CT molecular complexity index is 1780. The first-order chi connectivity index (χ1) is 20.3. The van der Waals surface area contributed by atoms with Crippen molar-refractivity contribution >= 4 is 52.3 Å². The van der Waals surface area contributed by atoms with Gasteiger partial charge in [-0.2, -0.15) is 10.1 Å². The van der Waals surface area contributed by atoms with E-state index in [1.807, 2.05) is 31.3 Å². The number of fused-ring (bicyclic) bond motifs is 1. The highest BCUT2D eigenvalue weighted by Gasteiger charge is 2.23. The van der Waals surface area contributed by atoms with Crippen molar-refractivity contribution < 1.29 is 14.0 Å². The molecule has 0 aliphatic carbocycles. The van der Waals surface area contributed by atoms with E-state index in [-0.39, 0.29) is 0 Å². The zero-order chi connectivity index (χ0) is 29.3. The third-order valence-corrected chi connectivity index (χ3v) is 8.61. The first kappa shape index (κ1) is 27.6. The van der Waals surface area contributed by atoms with E-state index in [4.69, 9.17) is 14.5 Å². The lowest BCUT2D eigenvalue weighted by atomic mass is 10.1. The van der Waals surface area contributed by atoms with Gasteiger partial charge in [-0.1, -0.05) is 0 Å². The molecule has 1 saturated heterocycles. The Balaban J connectivity index is 1.39. The lowest BCUT2D eigenvalue weighted by molar-refractivity contribution is 0.122. The molecule has 1 fully saturated rings. The number of aryl methyl sites for hydroxylation is 1. The molecule has 12 nitrogen and oxygen atoms in total. The molecule has 4 heterocycles. The van der Waals surface area contributed by atoms with Gasteiger partial charge in [-0.3, -0.25) is 15.1 Å². The van der Waals surface area contributed by atoms with Gasteiger partial charge in [-0.05, 0) is 50.1 Å². The monoisotopic (exact) mass is 585 g/mol. The summed E-state index contributed by atoms with van der Waals surface area (Å²) in [6, 6.07) is 7.82. The number of aromatic amines is 1. The summed E-state index contributed by atoms with van der Waals surface area (Å²) in [6.07, 6.45) is 8.61. The molecule has 0 spiro atoms. The van der Waals surface area contributed by atoms with Gasteiger partial charge < -0.3 is 29.6 Å². The summed E-state index contributed by atoms with van der Waals surface area (Å²) >= 11 is 0. The first-order valence-electron chi connectivity index (χ1n) is 13.5. The lowest BCUT2D eigenvalue weighted by Gasteiger charge is -2.31. The normalized spacial score (nSPS) is 13.8. The van der Waals surface area contributed by atoms with Gasteiger partial charge in [0.2, 0.25) is 5.95 Å². The maximum Gasteiger partial charge on any atom is 0.229 e. The highest BCUT2D eigenvalue weighted by Crippen LogP contribution is 2.43. The van der Waals surface area contributed by atoms with Crippen molar-refractivity contribution in [3.05, 3.63) is 60.8 Å². The molecule has 6 rings (SSSR count). The zero-order valence-electron chi connectivity index (χ0n) is 23.9. The maximum absolute atomic E-state index is 13.4. The predicted molar refractivity (Wildman–Crippen MR) is 166 cm³/mol. The summed E-state index contributed by atoms with van der Waals surface area (Å²) in [7, 11) is -1.09. The summed E-state index contributed by atoms with van der Waals surface area (Å²) in [4.78, 5) is 20.5. The van der Waals surface area contributed by atoms with Crippen molar-refractivity contribution in [3.8, 4) is 16.9 Å². The van der Waals surface area contributed by atoms with Crippen LogP contribution in [0.25, 0.3) is 22.2 Å². The SMILES string of the molecule is COc1c(Nc2ncc(C)c(Nc3ccc4nccnc4c3P(C)(C)=O)n2)cc(-c2cn[nH]c2)cc1N1CCOCC1. The van der Waals surface area contributed by atoms with Crippen LogP contribution in [-0.4, -0.2) is 76.9 Å². The van der Waals surface area contributed by atoms with Crippen molar-refractivity contribution in [1.82, 2.24) is 30.1 Å². The molecule has 13 heteroatoms. The zero-order valence-corrected chi connectivity index (χ0v) is 24.8. The summed E-state index contributed by atoms with van der Waals surface area (Å²) in [5.74, 6) is 1.62. The Morgan fingerprint density at radius 2 is 1.81 bits per heavy atom. The highest BCUT2D eigenvalue weighted by atomic mass is 31.2. The van der Waals surface area contributed by atoms with Crippen LogP contribution in [0.5, 0.6) is 5.75 Å². The maximum atomic E-state index is 13.4. The second kappa shape index (κ2) is 11.4. The first-order valence-corrected chi connectivity index (χ1v) is 16.1. The molecule has 42 heavy (non-hydrogen) atoms. The number of nitrogens with one attached hydrogen (secondary N) is 3. The molecule has 1 aliphatic heterocycles. The van der Waals surface area contributed by atoms with Crippen molar-refractivity contribution in [2.24, 2.45) is 0 Å². The number of hydrogen-bond acceptors (Lipinski definition) is 11. The molecule has 3 aromatic heterocycles. The van der Waals surface area contributed by atoms with Crippen LogP contribution in [-0.2, 0) is 9.30 Å². The van der Waals surface area contributed by atoms with Crippen LogP contribution in [0.2, 0.25) is 0 Å². The highest BCUT2D eigenvalue weighted by molar-refractivity contribution is 7.71. The van der Waals surface area contributed by atoms with Crippen LogP contribution in [0, 0.1) is 6.92 Å². The van der Waals surface area contributed by atoms with Crippen molar-refractivity contribution in [1.29, 1.82) is 0 Å². The Morgan fingerprint density at radius 3 is 2.55 bits per heavy atom. The molecule has 0 bridgehead atoms. The number of methoxy groups -OCH3 is 1. The minimum absolute atomic E-state index is 0.372. The van der Waals surface area contributed by atoms with Gasteiger partial charge in [-0.15, -0.1) is 0 Å². The topological polar surface area (TPSA) is 143 Å². The Morgan fingerprint density at radius 1 is 1.00 bits per heavy atom. The molecule has 3 N–H and O–H groups in total. The standard InChI is InChI=1S/C29H32N9O3P/c1-18-15-32-29(37-28(18)35-22-6-5-21-25(31-8-7-30-21)27(22)42(3,4)39)36-23-13-19(20-16-33-34-17-20)14-24(26(23)40-2)38-9-11-41-12-10-38/h5-8,13-17H,9-12H2,1-4H3,(H,33,34)(H2,32,35,36,37). The van der Waals surface area contributed by atoms with Gasteiger partial charge in [0.05, 0.1) is 54.4 Å². The predicted octanol–water partition coefficient (Wildman–Crippen LogP) is 4.70. The van der Waals surface area contributed by atoms with E-state index in [1.165, 1.54) is 0 Å². The number of anilines is 5. The number of hydrogen-bond donors (Lipinski definition) is 3. The molecular weight excluding hydrogens is 553 g/mol. The summed E-state index contributed by atoms with van der Waals surface area (Å²) in [6.45, 7) is 8.15. The van der Waals surface area contributed by atoms with Gasteiger partial charge in [0.1, 0.15) is 18.5 Å². The van der Waals surface area contributed by atoms with Crippen LogP contribution in [0.1, 0.15) is 5.56 Å². The van der Waals surface area contributed by atoms with Gasteiger partial charge in [0.25, 0.3) is 0 Å². The van der Waals surface area contributed by atoms with E-state index in [9.17, 15) is 4.57 Å². The second-order valence-electron chi connectivity index (χ2n) is 10.4. The minimum Gasteiger partial charge on any atom is -0.492 e. The van der Waals surface area contributed by atoms with Gasteiger partial charge in [-0.25, -0.2) is 4.98 Å². The lowest BCUT2D eigenvalue weighted by Crippen LogP contribution is -2.36. The fraction of sp³-hybridized carbons (Fsp3) is 0.276. The third kappa shape index (κ3) is 5.50. The van der Waals surface area contributed by atoms with Crippen LogP contribution in [0.15, 0.2) is 55.2 Å². The second-order valence-corrected chi connectivity index (χ2v) is 13.5. The van der Waals surface area contributed by atoms with E-state index >= 15 is 0 Å². The fourth-order valence-electron chi connectivity index (χ4n) is 5.08. The van der Waals surface area contributed by atoms with E-state index in [2.05, 4.69) is 46.7 Å². The molecule has 216 valence electrons. The molecule has 0 unspecified atom stereocenters. The molecule has 1 aliphatic rings. The smallest absolute Gasteiger partial charge is 0.229 e. The average Bonchev–Trinajstić information content (AvgIpc) is 3.53. The van der Waals surface area contributed by atoms with Crippen molar-refractivity contribution in [3.63, 3.8) is 0 Å². The molecule has 2 aromatic carbocycles. The number of ether oxygens (including phenoxy) is 2. The largest absolute Gasteiger partial charge is 0.492 e. The van der Waals surface area contributed by atoms with Gasteiger partial charge in [0, 0.05) is 49.0 Å². The summed E-state index contributed by atoms with van der Waals surface area (Å²) < 4.78 is 24.9. The Kier molecular flexibility index (Phi) is 7.49. The van der Waals surface area contributed by atoms with Crippen LogP contribution < -0.4 is 25.6 Å². The van der Waals surface area contributed by atoms with E-state index < -0.39 is 7.14 Å². The number of benzene rings is 2. The van der Waals surface area contributed by atoms with E-state index in [1.54, 1.807) is 45.2 Å². The van der Waals surface area contributed by atoms with Gasteiger partial charge in [0.15, 0.2) is 5.75 Å². The summed E-state index contributed by atoms with van der Waals surface area (Å²) in [5, 5.41) is 14.4. The van der Waals surface area contributed by atoms with E-state index in [0.29, 0.717) is 58.4 Å². The molecular formula is C29H32N9O3P. The number of morpholine rings is 1. The number of H-pyrrole nitrogens is 1. The average molecular weight is 586 g/mol. The van der Waals surface area contributed by atoms with Crippen molar-refractivity contribution in [2.45, 2.75) is 6.92 Å². The van der Waals surface area contributed by atoms with Crippen LogP contribution in [0.3, 0.4) is 0 Å². The molecule has 0 amide bonds. The molecule has 5 aromatic rings. The quantitative estimate of drug-likeness (QED) is 0.218. The molecule has 0 atom stereocenters. The third-order valence-electron chi connectivity index (χ3n) is 7.08. The van der Waals surface area contributed by atoms with Crippen molar-refractivity contribution in [2.75, 3.05) is 62.3 Å². The van der Waals surface area contributed by atoms with Crippen LogP contribution in [0.4, 0.5) is 28.8 Å². The Hall–Kier alpha value is -4.54. The van der Waals surface area contributed by atoms with Gasteiger partial charge >= 0.3 is 0 Å². The van der Waals surface area contributed by atoms with E-state index in [0.717, 1.165) is 35.5 Å². The molecule has 0 radical (unpaired) electrons. The minimum atomic E-state index is -2.74. The fourth-order valence-corrected chi connectivity index (χ4v) is 6.47.